The topological polar surface area (TPSA) is 29.5 Å². The van der Waals surface area contributed by atoms with E-state index in [1.165, 1.54) is 41.5 Å². The number of thiophene rings is 1. The van der Waals surface area contributed by atoms with Crippen molar-refractivity contribution in [2.75, 3.05) is 7.05 Å². The van der Waals surface area contributed by atoms with E-state index in [0.717, 1.165) is 0 Å². The summed E-state index contributed by atoms with van der Waals surface area (Å²) in [4.78, 5) is 13.4. The molecule has 1 aromatic heterocycles. The fourth-order valence-corrected chi connectivity index (χ4v) is 2.42. The fourth-order valence-electron chi connectivity index (χ4n) is 1.79. The van der Waals surface area contributed by atoms with Gasteiger partial charge < -0.3 is 9.64 Å². The zero-order chi connectivity index (χ0) is 15.5. The zero-order valence-electron chi connectivity index (χ0n) is 11.1. The van der Waals surface area contributed by atoms with Gasteiger partial charge in [-0.2, -0.15) is 11.3 Å². The van der Waals surface area contributed by atoms with Gasteiger partial charge in [-0.05, 0) is 17.5 Å². The molecule has 0 aliphatic heterocycles. The molecule has 0 aliphatic carbocycles. The summed E-state index contributed by atoms with van der Waals surface area (Å²) in [6.07, 6.45) is -4.76. The molecule has 1 amide bonds. The van der Waals surface area contributed by atoms with Crippen LogP contribution in [0, 0.1) is 0 Å². The standard InChI is InChI=1S/C14H12F3NO2S/c1-18(13(19)11-6-7-21-9-11)8-10-4-2-3-5-12(10)20-14(15,16)17/h2-7,9H,8H2,1H3. The van der Waals surface area contributed by atoms with Crippen LogP contribution in [0.2, 0.25) is 0 Å². The lowest BCUT2D eigenvalue weighted by Crippen LogP contribution is -2.26. The molecule has 2 rings (SSSR count). The highest BCUT2D eigenvalue weighted by Crippen LogP contribution is 2.27. The van der Waals surface area contributed by atoms with Crippen LogP contribution in [0.15, 0.2) is 41.1 Å². The van der Waals surface area contributed by atoms with Crippen molar-refractivity contribution in [2.24, 2.45) is 0 Å². The van der Waals surface area contributed by atoms with Crippen LogP contribution in [0.1, 0.15) is 15.9 Å². The number of carbonyl (C=O) groups is 1. The van der Waals surface area contributed by atoms with Crippen molar-refractivity contribution >= 4 is 17.2 Å². The van der Waals surface area contributed by atoms with Crippen LogP contribution in [-0.4, -0.2) is 24.2 Å². The molecule has 0 fully saturated rings. The lowest BCUT2D eigenvalue weighted by Gasteiger charge is -2.19. The number of nitrogens with zero attached hydrogens (tertiary/aromatic N) is 1. The maximum atomic E-state index is 12.3. The molecule has 0 radical (unpaired) electrons. The Balaban J connectivity index is 2.14. The number of alkyl halides is 3. The largest absolute Gasteiger partial charge is 0.573 e. The Labute approximate surface area is 123 Å². The first-order chi connectivity index (χ1) is 9.87. The summed E-state index contributed by atoms with van der Waals surface area (Å²) in [6, 6.07) is 7.44. The molecular weight excluding hydrogens is 303 g/mol. The first-order valence-electron chi connectivity index (χ1n) is 5.98. The van der Waals surface area contributed by atoms with Crippen LogP contribution >= 0.6 is 11.3 Å². The first-order valence-corrected chi connectivity index (χ1v) is 6.92. The molecular formula is C14H12F3NO2S. The molecule has 0 unspecified atom stereocenters. The SMILES string of the molecule is CN(Cc1ccccc1OC(F)(F)F)C(=O)c1ccsc1. The predicted octanol–water partition coefficient (Wildman–Crippen LogP) is 3.92. The Hall–Kier alpha value is -2.02. The molecule has 0 aliphatic rings. The van der Waals surface area contributed by atoms with Crippen LogP contribution in [0.25, 0.3) is 0 Å². The second kappa shape index (κ2) is 6.17. The molecule has 0 N–H and O–H groups in total. The molecule has 0 atom stereocenters. The van der Waals surface area contributed by atoms with Gasteiger partial charge in [0.1, 0.15) is 5.75 Å². The smallest absolute Gasteiger partial charge is 0.405 e. The van der Waals surface area contributed by atoms with Crippen LogP contribution in [0.4, 0.5) is 13.2 Å². The van der Waals surface area contributed by atoms with E-state index in [0.29, 0.717) is 11.1 Å². The maximum absolute atomic E-state index is 12.3. The van der Waals surface area contributed by atoms with Gasteiger partial charge in [-0.1, -0.05) is 18.2 Å². The van der Waals surface area contributed by atoms with Gasteiger partial charge in [-0.3, -0.25) is 4.79 Å². The highest BCUT2D eigenvalue weighted by Gasteiger charge is 2.32. The summed E-state index contributed by atoms with van der Waals surface area (Å²) in [5, 5.41) is 3.46. The first kappa shape index (κ1) is 15.4. The molecule has 0 saturated carbocycles. The molecule has 1 aromatic carbocycles. The zero-order valence-corrected chi connectivity index (χ0v) is 11.9. The van der Waals surface area contributed by atoms with E-state index in [1.807, 2.05) is 0 Å². The number of carbonyl (C=O) groups excluding carboxylic acids is 1. The lowest BCUT2D eigenvalue weighted by molar-refractivity contribution is -0.274. The predicted molar refractivity (Wildman–Crippen MR) is 73.2 cm³/mol. The second-order valence-corrected chi connectivity index (χ2v) is 5.11. The van der Waals surface area contributed by atoms with Crippen molar-refractivity contribution in [1.82, 2.24) is 4.90 Å². The molecule has 0 saturated heterocycles. The molecule has 0 spiro atoms. The number of rotatable bonds is 4. The Morgan fingerprint density at radius 1 is 1.29 bits per heavy atom. The van der Waals surface area contributed by atoms with Gasteiger partial charge in [0, 0.05) is 24.5 Å². The summed E-state index contributed by atoms with van der Waals surface area (Å²) in [5.41, 5.74) is 0.803. The third-order valence-corrected chi connectivity index (χ3v) is 3.40. The van der Waals surface area contributed by atoms with Gasteiger partial charge in [0.05, 0.1) is 5.56 Å². The molecule has 0 bridgehead atoms. The number of halogens is 3. The van der Waals surface area contributed by atoms with E-state index >= 15 is 0 Å². The number of ether oxygens (including phenoxy) is 1. The average Bonchev–Trinajstić information content (AvgIpc) is 2.92. The summed E-state index contributed by atoms with van der Waals surface area (Å²) in [6.45, 7) is 0.0287. The minimum atomic E-state index is -4.76. The van der Waals surface area contributed by atoms with Crippen molar-refractivity contribution in [1.29, 1.82) is 0 Å². The van der Waals surface area contributed by atoms with Crippen molar-refractivity contribution in [3.63, 3.8) is 0 Å². The number of hydrogen-bond donors (Lipinski definition) is 0. The van der Waals surface area contributed by atoms with Gasteiger partial charge in [0.15, 0.2) is 0 Å². The summed E-state index contributed by atoms with van der Waals surface area (Å²) < 4.78 is 41.0. The van der Waals surface area contributed by atoms with E-state index in [2.05, 4.69) is 4.74 Å². The van der Waals surface area contributed by atoms with E-state index in [4.69, 9.17) is 0 Å². The van der Waals surface area contributed by atoms with E-state index < -0.39 is 6.36 Å². The highest BCUT2D eigenvalue weighted by molar-refractivity contribution is 7.08. The molecule has 3 nitrogen and oxygen atoms in total. The Kier molecular flexibility index (Phi) is 4.52. The third kappa shape index (κ3) is 4.22. The number of hydrogen-bond acceptors (Lipinski definition) is 3. The molecule has 1 heterocycles. The number of benzene rings is 1. The minimum Gasteiger partial charge on any atom is -0.405 e. The summed E-state index contributed by atoms with van der Waals surface area (Å²) in [7, 11) is 1.53. The van der Waals surface area contributed by atoms with Gasteiger partial charge in [0.25, 0.3) is 5.91 Å². The van der Waals surface area contributed by atoms with Crippen LogP contribution in [0.3, 0.4) is 0 Å². The van der Waals surface area contributed by atoms with Crippen LogP contribution < -0.4 is 4.74 Å². The normalized spacial score (nSPS) is 11.2. The van der Waals surface area contributed by atoms with Crippen molar-refractivity contribution < 1.29 is 22.7 Å². The molecule has 2 aromatic rings. The Bertz CT molecular complexity index is 611. The van der Waals surface area contributed by atoms with Crippen molar-refractivity contribution in [3.05, 3.63) is 52.2 Å². The van der Waals surface area contributed by atoms with Gasteiger partial charge in [0.2, 0.25) is 0 Å². The number of amides is 1. The number of para-hydroxylation sites is 1. The minimum absolute atomic E-state index is 0.0287. The third-order valence-electron chi connectivity index (χ3n) is 2.72. The molecule has 112 valence electrons. The van der Waals surface area contributed by atoms with Crippen molar-refractivity contribution in [3.8, 4) is 5.75 Å². The van der Waals surface area contributed by atoms with Crippen LogP contribution in [-0.2, 0) is 6.54 Å². The van der Waals surface area contributed by atoms with Crippen molar-refractivity contribution in [2.45, 2.75) is 12.9 Å². The quantitative estimate of drug-likeness (QED) is 0.856. The molecule has 7 heteroatoms. The highest BCUT2D eigenvalue weighted by atomic mass is 32.1. The summed E-state index contributed by atoms with van der Waals surface area (Å²) in [5.74, 6) is -0.548. The average molecular weight is 315 g/mol. The summed E-state index contributed by atoms with van der Waals surface area (Å²) >= 11 is 1.38. The van der Waals surface area contributed by atoms with Gasteiger partial charge in [-0.15, -0.1) is 13.2 Å². The Morgan fingerprint density at radius 2 is 2.00 bits per heavy atom. The van der Waals surface area contributed by atoms with E-state index in [9.17, 15) is 18.0 Å². The van der Waals surface area contributed by atoms with E-state index in [-0.39, 0.29) is 18.2 Å². The Morgan fingerprint density at radius 3 is 2.62 bits per heavy atom. The van der Waals surface area contributed by atoms with Crippen LogP contribution in [0.5, 0.6) is 5.75 Å². The molecule has 21 heavy (non-hydrogen) atoms. The monoisotopic (exact) mass is 315 g/mol. The maximum Gasteiger partial charge on any atom is 0.573 e. The lowest BCUT2D eigenvalue weighted by atomic mass is 10.2. The second-order valence-electron chi connectivity index (χ2n) is 4.33. The fraction of sp³-hybridized carbons (Fsp3) is 0.214. The van der Waals surface area contributed by atoms with Gasteiger partial charge >= 0.3 is 6.36 Å². The van der Waals surface area contributed by atoms with E-state index in [1.54, 1.807) is 22.9 Å². The van der Waals surface area contributed by atoms with Gasteiger partial charge in [-0.25, -0.2) is 0 Å².